The van der Waals surface area contributed by atoms with Gasteiger partial charge in [0, 0.05) is 5.56 Å². The lowest BCUT2D eigenvalue weighted by Gasteiger charge is -2.14. The van der Waals surface area contributed by atoms with Crippen LogP contribution >= 0.6 is 0 Å². The van der Waals surface area contributed by atoms with Gasteiger partial charge in [0.1, 0.15) is 5.75 Å². The average molecular weight is 365 g/mol. The number of nitrogens with zero attached hydrogens (tertiary/aromatic N) is 1. The van der Waals surface area contributed by atoms with Gasteiger partial charge in [0.05, 0.1) is 16.8 Å². The first kappa shape index (κ1) is 16.3. The van der Waals surface area contributed by atoms with Crippen molar-refractivity contribution in [1.82, 2.24) is 0 Å². The molecule has 0 unspecified atom stereocenters. The molecule has 4 heteroatoms. The molecule has 28 heavy (non-hydrogen) atoms. The van der Waals surface area contributed by atoms with Crippen molar-refractivity contribution in [2.75, 3.05) is 4.90 Å². The number of phenols is 1. The van der Waals surface area contributed by atoms with Crippen LogP contribution in [-0.4, -0.2) is 16.9 Å². The van der Waals surface area contributed by atoms with Crippen LogP contribution in [0.15, 0.2) is 84.9 Å². The van der Waals surface area contributed by atoms with Gasteiger partial charge in [0.2, 0.25) is 0 Å². The second kappa shape index (κ2) is 6.06. The molecule has 0 spiro atoms. The molecule has 4 aromatic rings. The van der Waals surface area contributed by atoms with Gasteiger partial charge in [-0.2, -0.15) is 0 Å². The molecule has 0 aromatic heterocycles. The topological polar surface area (TPSA) is 57.6 Å². The maximum Gasteiger partial charge on any atom is 0.266 e. The molecule has 134 valence electrons. The maximum absolute atomic E-state index is 13.4. The highest BCUT2D eigenvalue weighted by atomic mass is 16.3. The van der Waals surface area contributed by atoms with E-state index in [0.29, 0.717) is 16.8 Å². The molecular weight excluding hydrogens is 350 g/mol. The number of carbonyl (C=O) groups is 2. The minimum absolute atomic E-state index is 0.0797. The summed E-state index contributed by atoms with van der Waals surface area (Å²) in [6, 6.07) is 25.3. The van der Waals surface area contributed by atoms with E-state index in [1.54, 1.807) is 18.2 Å². The van der Waals surface area contributed by atoms with Gasteiger partial charge in [-0.3, -0.25) is 9.59 Å². The van der Waals surface area contributed by atoms with Gasteiger partial charge in [-0.1, -0.05) is 54.6 Å². The van der Waals surface area contributed by atoms with E-state index in [2.05, 4.69) is 0 Å². The van der Waals surface area contributed by atoms with Crippen molar-refractivity contribution < 1.29 is 14.7 Å². The van der Waals surface area contributed by atoms with Crippen LogP contribution < -0.4 is 4.90 Å². The summed E-state index contributed by atoms with van der Waals surface area (Å²) in [5, 5.41) is 11.4. The lowest BCUT2D eigenvalue weighted by atomic mass is 9.90. The summed E-state index contributed by atoms with van der Waals surface area (Å²) >= 11 is 0. The Morgan fingerprint density at radius 2 is 1.36 bits per heavy atom. The quantitative estimate of drug-likeness (QED) is 0.508. The minimum Gasteiger partial charge on any atom is -0.508 e. The summed E-state index contributed by atoms with van der Waals surface area (Å²) in [5.74, 6) is -0.625. The molecular formula is C24H15NO3. The Bertz CT molecular complexity index is 1240. The van der Waals surface area contributed by atoms with E-state index < -0.39 is 0 Å². The first-order valence-corrected chi connectivity index (χ1v) is 8.94. The number of aromatic hydroxyl groups is 1. The Morgan fingerprint density at radius 3 is 2.11 bits per heavy atom. The highest BCUT2D eigenvalue weighted by molar-refractivity contribution is 6.37. The second-order valence-electron chi connectivity index (χ2n) is 6.72. The van der Waals surface area contributed by atoms with Gasteiger partial charge in [0.25, 0.3) is 11.8 Å². The third kappa shape index (κ3) is 2.32. The minimum atomic E-state index is -0.353. The van der Waals surface area contributed by atoms with Gasteiger partial charge in [0.15, 0.2) is 0 Å². The molecule has 0 atom stereocenters. The van der Waals surface area contributed by atoms with E-state index >= 15 is 0 Å². The Morgan fingerprint density at radius 1 is 0.679 bits per heavy atom. The Kier molecular flexibility index (Phi) is 3.52. The number of benzene rings is 4. The number of amides is 2. The number of anilines is 1. The van der Waals surface area contributed by atoms with Gasteiger partial charge >= 0.3 is 0 Å². The summed E-state index contributed by atoms with van der Waals surface area (Å²) in [4.78, 5) is 27.7. The second-order valence-corrected chi connectivity index (χ2v) is 6.72. The van der Waals surface area contributed by atoms with Gasteiger partial charge in [-0.05, 0) is 46.7 Å². The van der Waals surface area contributed by atoms with Crippen LogP contribution in [0.2, 0.25) is 0 Å². The summed E-state index contributed by atoms with van der Waals surface area (Å²) in [6.45, 7) is 0. The average Bonchev–Trinajstić information content (AvgIpc) is 2.98. The third-order valence-electron chi connectivity index (χ3n) is 5.07. The van der Waals surface area contributed by atoms with Crippen LogP contribution in [0.5, 0.6) is 5.75 Å². The predicted octanol–water partition coefficient (Wildman–Crippen LogP) is 5.01. The zero-order valence-corrected chi connectivity index (χ0v) is 14.8. The molecule has 0 radical (unpaired) electrons. The molecule has 0 aliphatic carbocycles. The Hall–Kier alpha value is -3.92. The largest absolute Gasteiger partial charge is 0.508 e. The van der Waals surface area contributed by atoms with Crippen LogP contribution in [0.1, 0.15) is 20.7 Å². The number of fused-ring (bicyclic) bond motifs is 2. The molecule has 0 saturated carbocycles. The summed E-state index contributed by atoms with van der Waals surface area (Å²) in [6.07, 6.45) is 0. The van der Waals surface area contributed by atoms with Crippen molar-refractivity contribution in [3.8, 4) is 16.9 Å². The maximum atomic E-state index is 13.4. The van der Waals surface area contributed by atoms with E-state index in [1.807, 2.05) is 54.6 Å². The van der Waals surface area contributed by atoms with E-state index in [4.69, 9.17) is 0 Å². The number of rotatable bonds is 2. The van der Waals surface area contributed by atoms with Crippen molar-refractivity contribution in [1.29, 1.82) is 0 Å². The van der Waals surface area contributed by atoms with Crippen molar-refractivity contribution >= 4 is 28.3 Å². The van der Waals surface area contributed by atoms with Gasteiger partial charge in [-0.15, -0.1) is 0 Å². The highest BCUT2D eigenvalue weighted by Gasteiger charge is 2.39. The van der Waals surface area contributed by atoms with Crippen molar-refractivity contribution in [2.45, 2.75) is 0 Å². The van der Waals surface area contributed by atoms with Crippen molar-refractivity contribution in [3.05, 3.63) is 96.1 Å². The van der Waals surface area contributed by atoms with E-state index in [9.17, 15) is 14.7 Å². The molecule has 1 N–H and O–H groups in total. The fourth-order valence-corrected chi connectivity index (χ4v) is 3.80. The first-order valence-electron chi connectivity index (χ1n) is 8.94. The summed E-state index contributed by atoms with van der Waals surface area (Å²) < 4.78 is 0. The van der Waals surface area contributed by atoms with Crippen LogP contribution in [-0.2, 0) is 0 Å². The van der Waals surface area contributed by atoms with Gasteiger partial charge in [-0.25, -0.2) is 4.90 Å². The van der Waals surface area contributed by atoms with Crippen LogP contribution in [0.25, 0.3) is 21.9 Å². The zero-order valence-electron chi connectivity index (χ0n) is 14.8. The number of carbonyl (C=O) groups excluding carboxylic acids is 2. The fraction of sp³-hybridized carbons (Fsp3) is 0. The molecule has 0 saturated heterocycles. The number of imide groups is 1. The zero-order chi connectivity index (χ0) is 19.3. The van der Waals surface area contributed by atoms with Crippen molar-refractivity contribution in [2.24, 2.45) is 0 Å². The molecule has 4 nitrogen and oxygen atoms in total. The molecule has 0 fully saturated rings. The molecule has 1 heterocycles. The summed E-state index contributed by atoms with van der Waals surface area (Å²) in [5.41, 5.74) is 2.92. The molecule has 4 aromatic carbocycles. The molecule has 1 aliphatic rings. The van der Waals surface area contributed by atoms with Crippen LogP contribution in [0.3, 0.4) is 0 Å². The molecule has 2 amide bonds. The van der Waals surface area contributed by atoms with E-state index in [1.165, 1.54) is 17.0 Å². The predicted molar refractivity (Wildman–Crippen MR) is 109 cm³/mol. The Labute approximate surface area is 161 Å². The Balaban J connectivity index is 1.81. The van der Waals surface area contributed by atoms with Crippen LogP contribution in [0.4, 0.5) is 5.69 Å². The SMILES string of the molecule is O=C1c2cc3ccccc3c(-c3ccccc3)c2C(=O)N1c1ccc(O)cc1. The molecule has 5 rings (SSSR count). The lowest BCUT2D eigenvalue weighted by molar-refractivity contribution is 0.0926. The number of hydrogen-bond acceptors (Lipinski definition) is 3. The number of hydrogen-bond donors (Lipinski definition) is 1. The molecule has 0 bridgehead atoms. The first-order chi connectivity index (χ1) is 13.6. The van der Waals surface area contributed by atoms with Gasteiger partial charge < -0.3 is 5.11 Å². The smallest absolute Gasteiger partial charge is 0.266 e. The van der Waals surface area contributed by atoms with E-state index in [-0.39, 0.29) is 17.6 Å². The number of phenolic OH excluding ortho intramolecular Hbond substituents is 1. The summed E-state index contributed by atoms with van der Waals surface area (Å²) in [7, 11) is 0. The van der Waals surface area contributed by atoms with Crippen molar-refractivity contribution in [3.63, 3.8) is 0 Å². The fourth-order valence-electron chi connectivity index (χ4n) is 3.80. The normalized spacial score (nSPS) is 13.2. The lowest BCUT2D eigenvalue weighted by Crippen LogP contribution is -2.29. The third-order valence-corrected chi connectivity index (χ3v) is 5.07. The van der Waals surface area contributed by atoms with Crippen LogP contribution in [0, 0.1) is 0 Å². The molecule has 1 aliphatic heterocycles. The monoisotopic (exact) mass is 365 g/mol. The highest BCUT2D eigenvalue weighted by Crippen LogP contribution is 2.40. The standard InChI is InChI=1S/C24H15NO3/c26-18-12-10-17(11-13-18)25-23(27)20-14-16-8-4-5-9-19(16)21(22(20)24(25)28)15-6-2-1-3-7-15/h1-14,26H. The van der Waals surface area contributed by atoms with E-state index in [0.717, 1.165) is 21.9 Å².